The largest absolute Gasteiger partial charge is 0.456 e. The number of benzene rings is 3. The Balaban J connectivity index is 1.87. The maximum absolute atomic E-state index is 12.5. The van der Waals surface area contributed by atoms with Crippen LogP contribution in [-0.2, 0) is 14.8 Å². The molecule has 0 aliphatic heterocycles. The number of amides is 1. The van der Waals surface area contributed by atoms with Crippen molar-refractivity contribution >= 4 is 33.2 Å². The molecule has 0 bridgehead atoms. The number of carbonyl (C=O) groups is 1. The molecule has 0 saturated heterocycles. The predicted octanol–water partition coefficient (Wildman–Crippen LogP) is 4.52. The Labute approximate surface area is 174 Å². The average molecular weight is 431 g/mol. The van der Waals surface area contributed by atoms with Gasteiger partial charge in [0.25, 0.3) is 0 Å². The molecule has 150 valence electrons. The SMILES string of the molecule is CC(C(=O)Nc1ccc(Oc2cccc(Cl)c2)c(S(N)(=O)=O)c1)c1ccccc1. The highest BCUT2D eigenvalue weighted by Gasteiger charge is 2.20. The van der Waals surface area contributed by atoms with Crippen LogP contribution in [0.5, 0.6) is 11.5 Å². The lowest BCUT2D eigenvalue weighted by molar-refractivity contribution is -0.117. The van der Waals surface area contributed by atoms with Crippen LogP contribution in [0.25, 0.3) is 0 Å². The van der Waals surface area contributed by atoms with Crippen LogP contribution in [-0.4, -0.2) is 14.3 Å². The second-order valence-corrected chi connectivity index (χ2v) is 8.35. The van der Waals surface area contributed by atoms with E-state index in [0.29, 0.717) is 16.5 Å². The van der Waals surface area contributed by atoms with Crippen molar-refractivity contribution in [2.24, 2.45) is 5.14 Å². The highest BCUT2D eigenvalue weighted by Crippen LogP contribution is 2.32. The van der Waals surface area contributed by atoms with Crippen LogP contribution in [0.2, 0.25) is 5.02 Å². The molecule has 0 aliphatic rings. The number of rotatable bonds is 6. The van der Waals surface area contributed by atoms with E-state index < -0.39 is 15.9 Å². The molecule has 0 fully saturated rings. The fourth-order valence-corrected chi connectivity index (χ4v) is 3.56. The Morgan fingerprint density at radius 3 is 2.41 bits per heavy atom. The van der Waals surface area contributed by atoms with Crippen LogP contribution in [0.1, 0.15) is 18.4 Å². The van der Waals surface area contributed by atoms with E-state index in [1.165, 1.54) is 12.1 Å². The van der Waals surface area contributed by atoms with Crippen molar-refractivity contribution in [1.82, 2.24) is 0 Å². The number of nitrogens with two attached hydrogens (primary N) is 1. The van der Waals surface area contributed by atoms with E-state index in [1.807, 2.05) is 30.3 Å². The molecule has 6 nitrogen and oxygen atoms in total. The number of halogens is 1. The van der Waals surface area contributed by atoms with Gasteiger partial charge in [-0.25, -0.2) is 13.6 Å². The van der Waals surface area contributed by atoms with Crippen LogP contribution in [0.3, 0.4) is 0 Å². The first-order valence-electron chi connectivity index (χ1n) is 8.70. The van der Waals surface area contributed by atoms with Gasteiger partial charge in [0.2, 0.25) is 15.9 Å². The molecule has 0 aromatic heterocycles. The van der Waals surface area contributed by atoms with Crippen molar-refractivity contribution in [2.45, 2.75) is 17.7 Å². The van der Waals surface area contributed by atoms with E-state index in [4.69, 9.17) is 21.5 Å². The first kappa shape index (κ1) is 20.9. The number of primary sulfonamides is 1. The molecule has 0 saturated carbocycles. The summed E-state index contributed by atoms with van der Waals surface area (Å²) in [4.78, 5) is 12.3. The first-order chi connectivity index (χ1) is 13.7. The van der Waals surface area contributed by atoms with Crippen LogP contribution < -0.4 is 15.2 Å². The number of carbonyl (C=O) groups excluding carboxylic acids is 1. The molecule has 0 spiro atoms. The molecular weight excluding hydrogens is 412 g/mol. The standard InChI is InChI=1S/C21H19ClN2O4S/c1-14(15-6-3-2-4-7-15)21(25)24-17-10-11-19(20(13-17)29(23,26)27)28-18-9-5-8-16(22)12-18/h2-14H,1H3,(H,24,25)(H2,23,26,27). The van der Waals surface area contributed by atoms with Crippen LogP contribution in [0.15, 0.2) is 77.7 Å². The van der Waals surface area contributed by atoms with Gasteiger partial charge in [0, 0.05) is 10.7 Å². The maximum Gasteiger partial charge on any atom is 0.241 e. The zero-order valence-corrected chi connectivity index (χ0v) is 17.1. The van der Waals surface area contributed by atoms with Crippen molar-refractivity contribution in [3.05, 3.63) is 83.4 Å². The summed E-state index contributed by atoms with van der Waals surface area (Å²) in [6, 6.07) is 20.0. The van der Waals surface area contributed by atoms with Crippen LogP contribution in [0.4, 0.5) is 5.69 Å². The Morgan fingerprint density at radius 1 is 1.03 bits per heavy atom. The van der Waals surface area contributed by atoms with Gasteiger partial charge < -0.3 is 10.1 Å². The third-order valence-electron chi connectivity index (χ3n) is 4.23. The van der Waals surface area contributed by atoms with Crippen molar-refractivity contribution < 1.29 is 17.9 Å². The maximum atomic E-state index is 12.5. The summed E-state index contributed by atoms with van der Waals surface area (Å²) in [5, 5.41) is 8.51. The number of ether oxygens (including phenoxy) is 1. The summed E-state index contributed by atoms with van der Waals surface area (Å²) in [5.41, 5.74) is 1.14. The normalized spacial score (nSPS) is 12.2. The minimum Gasteiger partial charge on any atom is -0.456 e. The third kappa shape index (κ3) is 5.35. The highest BCUT2D eigenvalue weighted by molar-refractivity contribution is 7.89. The molecular formula is C21H19ClN2O4S. The summed E-state index contributed by atoms with van der Waals surface area (Å²) in [7, 11) is -4.10. The molecule has 1 atom stereocenters. The summed E-state index contributed by atoms with van der Waals surface area (Å²) in [6.07, 6.45) is 0. The van der Waals surface area contributed by atoms with Crippen molar-refractivity contribution in [3.8, 4) is 11.5 Å². The molecule has 1 amide bonds. The molecule has 0 aliphatic carbocycles. The molecule has 3 aromatic carbocycles. The van der Waals surface area contributed by atoms with Crippen molar-refractivity contribution in [2.75, 3.05) is 5.32 Å². The van der Waals surface area contributed by atoms with Gasteiger partial charge >= 0.3 is 0 Å². The molecule has 8 heteroatoms. The van der Waals surface area contributed by atoms with Crippen molar-refractivity contribution in [3.63, 3.8) is 0 Å². The second-order valence-electron chi connectivity index (χ2n) is 6.39. The zero-order chi connectivity index (χ0) is 21.0. The molecule has 29 heavy (non-hydrogen) atoms. The Hall–Kier alpha value is -2.87. The van der Waals surface area contributed by atoms with Crippen LogP contribution >= 0.6 is 11.6 Å². The lowest BCUT2D eigenvalue weighted by Crippen LogP contribution is -2.19. The van der Waals surface area contributed by atoms with Crippen molar-refractivity contribution in [1.29, 1.82) is 0 Å². The van der Waals surface area contributed by atoms with Gasteiger partial charge in [0.15, 0.2) is 0 Å². The molecule has 0 radical (unpaired) electrons. The topological polar surface area (TPSA) is 98.5 Å². The van der Waals surface area contributed by atoms with Gasteiger partial charge in [-0.2, -0.15) is 0 Å². The van der Waals surface area contributed by atoms with E-state index in [0.717, 1.165) is 5.56 Å². The minimum atomic E-state index is -4.10. The first-order valence-corrected chi connectivity index (χ1v) is 10.6. The smallest absolute Gasteiger partial charge is 0.241 e. The fourth-order valence-electron chi connectivity index (χ4n) is 2.69. The summed E-state index contributed by atoms with van der Waals surface area (Å²) in [5.74, 6) is -0.308. The fraction of sp³-hybridized carbons (Fsp3) is 0.0952. The van der Waals surface area contributed by atoms with E-state index >= 15 is 0 Å². The number of hydrogen-bond acceptors (Lipinski definition) is 4. The van der Waals surface area contributed by atoms with E-state index in [1.54, 1.807) is 37.3 Å². The highest BCUT2D eigenvalue weighted by atomic mass is 35.5. The molecule has 1 unspecified atom stereocenters. The summed E-state index contributed by atoms with van der Waals surface area (Å²) < 4.78 is 29.8. The van der Waals surface area contributed by atoms with Gasteiger partial charge in [0.05, 0.1) is 5.92 Å². The van der Waals surface area contributed by atoms with Gasteiger partial charge in [-0.15, -0.1) is 0 Å². The number of sulfonamides is 1. The molecule has 0 heterocycles. The summed E-state index contributed by atoms with van der Waals surface area (Å²) >= 11 is 5.93. The number of hydrogen-bond donors (Lipinski definition) is 2. The predicted molar refractivity (Wildman–Crippen MR) is 113 cm³/mol. The number of anilines is 1. The quantitative estimate of drug-likeness (QED) is 0.600. The van der Waals surface area contributed by atoms with E-state index in [9.17, 15) is 13.2 Å². The Kier molecular flexibility index (Phi) is 6.22. The Bertz CT molecular complexity index is 1130. The molecule has 3 aromatic rings. The second kappa shape index (κ2) is 8.65. The minimum absolute atomic E-state index is 0.0314. The van der Waals surface area contributed by atoms with Gasteiger partial charge in [0.1, 0.15) is 16.4 Å². The van der Waals surface area contributed by atoms with E-state index in [-0.39, 0.29) is 16.6 Å². The third-order valence-corrected chi connectivity index (χ3v) is 5.40. The lowest BCUT2D eigenvalue weighted by Gasteiger charge is -2.15. The van der Waals surface area contributed by atoms with Gasteiger partial charge in [-0.1, -0.05) is 48.0 Å². The van der Waals surface area contributed by atoms with Crippen LogP contribution in [0, 0.1) is 0 Å². The monoisotopic (exact) mass is 430 g/mol. The number of nitrogens with one attached hydrogen (secondary N) is 1. The molecule has 3 rings (SSSR count). The molecule has 3 N–H and O–H groups in total. The summed E-state index contributed by atoms with van der Waals surface area (Å²) in [6.45, 7) is 1.77. The average Bonchev–Trinajstić information content (AvgIpc) is 2.68. The Morgan fingerprint density at radius 2 is 1.76 bits per heavy atom. The van der Waals surface area contributed by atoms with Gasteiger partial charge in [-0.3, -0.25) is 4.79 Å². The van der Waals surface area contributed by atoms with Gasteiger partial charge in [-0.05, 0) is 48.9 Å². The lowest BCUT2D eigenvalue weighted by atomic mass is 10.0. The zero-order valence-electron chi connectivity index (χ0n) is 15.5. The van der Waals surface area contributed by atoms with E-state index in [2.05, 4.69) is 5.32 Å².